The Morgan fingerprint density at radius 1 is 1.44 bits per heavy atom. The molecule has 0 aromatic heterocycles. The van der Waals surface area contributed by atoms with E-state index in [1.807, 2.05) is 6.92 Å². The molecule has 0 radical (unpaired) electrons. The molecule has 0 aliphatic heterocycles. The first-order valence-corrected chi connectivity index (χ1v) is 6.13. The van der Waals surface area contributed by atoms with Crippen molar-refractivity contribution in [3.8, 4) is 0 Å². The molecule has 16 heavy (non-hydrogen) atoms. The maximum Gasteiger partial charge on any atom is 0.309 e. The monoisotopic (exact) mass is 224 g/mol. The molecule has 2 atom stereocenters. The Morgan fingerprint density at radius 3 is 2.50 bits per heavy atom. The number of hydrogen-bond donors (Lipinski definition) is 0. The molecule has 92 valence electrons. The summed E-state index contributed by atoms with van der Waals surface area (Å²) in [5, 5.41) is 0. The van der Waals surface area contributed by atoms with Gasteiger partial charge in [0.15, 0.2) is 0 Å². The second-order valence-electron chi connectivity index (χ2n) is 5.80. The Hall–Kier alpha value is -0.790. The van der Waals surface area contributed by atoms with Crippen LogP contribution in [0.15, 0.2) is 12.7 Å². The number of hydrogen-bond acceptors (Lipinski definition) is 2. The first-order chi connectivity index (χ1) is 7.35. The summed E-state index contributed by atoms with van der Waals surface area (Å²) in [6.07, 6.45) is 5.14. The van der Waals surface area contributed by atoms with Crippen LogP contribution in [0.5, 0.6) is 0 Å². The molecule has 1 aliphatic rings. The lowest BCUT2D eigenvalue weighted by atomic mass is 9.62. The van der Waals surface area contributed by atoms with E-state index in [1.54, 1.807) is 6.08 Å². The molecule has 0 spiro atoms. The molecule has 0 heterocycles. The summed E-state index contributed by atoms with van der Waals surface area (Å²) in [5.41, 5.74) is 0.283. The average molecular weight is 224 g/mol. The SMILES string of the molecule is C=CCOC(=O)C(C)C1(C)CCCC1(C)C. The van der Waals surface area contributed by atoms with E-state index in [0.717, 1.165) is 6.42 Å². The van der Waals surface area contributed by atoms with Crippen LogP contribution in [0.2, 0.25) is 0 Å². The second-order valence-corrected chi connectivity index (χ2v) is 5.80. The number of carbonyl (C=O) groups is 1. The highest BCUT2D eigenvalue weighted by Gasteiger charge is 2.50. The van der Waals surface area contributed by atoms with Gasteiger partial charge in [-0.25, -0.2) is 0 Å². The van der Waals surface area contributed by atoms with E-state index < -0.39 is 0 Å². The first-order valence-electron chi connectivity index (χ1n) is 6.13. The van der Waals surface area contributed by atoms with Crippen LogP contribution in [0.4, 0.5) is 0 Å². The van der Waals surface area contributed by atoms with Crippen molar-refractivity contribution in [2.45, 2.75) is 47.0 Å². The lowest BCUT2D eigenvalue weighted by Crippen LogP contribution is -2.40. The van der Waals surface area contributed by atoms with E-state index >= 15 is 0 Å². The molecular formula is C14H24O2. The third kappa shape index (κ3) is 2.16. The summed E-state index contributed by atoms with van der Waals surface area (Å²) in [6.45, 7) is 12.6. The quantitative estimate of drug-likeness (QED) is 0.539. The minimum absolute atomic E-state index is 0.0371. The van der Waals surface area contributed by atoms with Crippen LogP contribution in [0.25, 0.3) is 0 Å². The van der Waals surface area contributed by atoms with Crippen LogP contribution in [0, 0.1) is 16.7 Å². The zero-order chi connectivity index (χ0) is 12.4. The fraction of sp³-hybridized carbons (Fsp3) is 0.786. The fourth-order valence-electron chi connectivity index (χ4n) is 2.85. The molecule has 2 heteroatoms. The van der Waals surface area contributed by atoms with E-state index in [-0.39, 0.29) is 22.7 Å². The Morgan fingerprint density at radius 2 is 2.06 bits per heavy atom. The maximum absolute atomic E-state index is 11.9. The molecule has 0 bridgehead atoms. The van der Waals surface area contributed by atoms with Crippen molar-refractivity contribution in [1.29, 1.82) is 0 Å². The third-order valence-electron chi connectivity index (χ3n) is 4.70. The fourth-order valence-corrected chi connectivity index (χ4v) is 2.85. The molecular weight excluding hydrogens is 200 g/mol. The Labute approximate surface area is 99.1 Å². The third-order valence-corrected chi connectivity index (χ3v) is 4.70. The van der Waals surface area contributed by atoms with Gasteiger partial charge in [0.2, 0.25) is 0 Å². The average Bonchev–Trinajstić information content (AvgIpc) is 2.50. The Bertz CT molecular complexity index is 280. The second kappa shape index (κ2) is 4.60. The molecule has 2 unspecified atom stereocenters. The van der Waals surface area contributed by atoms with E-state index in [4.69, 9.17) is 4.74 Å². The molecule has 1 saturated carbocycles. The van der Waals surface area contributed by atoms with Gasteiger partial charge in [0.05, 0.1) is 5.92 Å². The van der Waals surface area contributed by atoms with Gasteiger partial charge < -0.3 is 4.74 Å². The molecule has 0 amide bonds. The molecule has 0 N–H and O–H groups in total. The number of carbonyl (C=O) groups excluding carboxylic acids is 1. The van der Waals surface area contributed by atoms with Crippen molar-refractivity contribution < 1.29 is 9.53 Å². The largest absolute Gasteiger partial charge is 0.461 e. The van der Waals surface area contributed by atoms with Gasteiger partial charge in [0.25, 0.3) is 0 Å². The van der Waals surface area contributed by atoms with Crippen LogP contribution >= 0.6 is 0 Å². The predicted octanol–water partition coefficient (Wildman–Crippen LogP) is 3.57. The zero-order valence-electron chi connectivity index (χ0n) is 11.0. The summed E-state index contributed by atoms with van der Waals surface area (Å²) in [5.74, 6) is -0.123. The van der Waals surface area contributed by atoms with Gasteiger partial charge in [-0.15, -0.1) is 0 Å². The molecule has 0 saturated heterocycles. The minimum atomic E-state index is -0.0858. The van der Waals surface area contributed by atoms with Crippen LogP contribution < -0.4 is 0 Å². The summed E-state index contributed by atoms with van der Waals surface area (Å²) in [6, 6.07) is 0. The first kappa shape index (κ1) is 13.3. The number of esters is 1. The molecule has 0 aromatic rings. The van der Waals surface area contributed by atoms with Crippen molar-refractivity contribution >= 4 is 5.97 Å². The van der Waals surface area contributed by atoms with Gasteiger partial charge in [0.1, 0.15) is 6.61 Å². The van der Waals surface area contributed by atoms with E-state index in [0.29, 0.717) is 6.61 Å². The zero-order valence-corrected chi connectivity index (χ0v) is 11.0. The van der Waals surface area contributed by atoms with E-state index in [9.17, 15) is 4.79 Å². The predicted molar refractivity (Wildman–Crippen MR) is 66.1 cm³/mol. The maximum atomic E-state index is 11.9. The number of rotatable bonds is 4. The topological polar surface area (TPSA) is 26.3 Å². The van der Waals surface area contributed by atoms with Crippen LogP contribution in [-0.4, -0.2) is 12.6 Å². The minimum Gasteiger partial charge on any atom is -0.461 e. The molecule has 0 aromatic carbocycles. The Kier molecular flexibility index (Phi) is 3.82. The van der Waals surface area contributed by atoms with Gasteiger partial charge >= 0.3 is 5.97 Å². The highest BCUT2D eigenvalue weighted by molar-refractivity contribution is 5.73. The standard InChI is InChI=1S/C14H24O2/c1-6-10-16-12(15)11(2)14(5)9-7-8-13(14,3)4/h6,11H,1,7-10H2,2-5H3. The van der Waals surface area contributed by atoms with Gasteiger partial charge in [-0.05, 0) is 23.7 Å². The summed E-state index contributed by atoms with van der Waals surface area (Å²) in [4.78, 5) is 11.9. The molecule has 1 aliphatic carbocycles. The lowest BCUT2D eigenvalue weighted by Gasteiger charge is -2.42. The molecule has 1 rings (SSSR count). The van der Waals surface area contributed by atoms with Crippen LogP contribution in [0.3, 0.4) is 0 Å². The summed E-state index contributed by atoms with van der Waals surface area (Å²) in [7, 11) is 0. The van der Waals surface area contributed by atoms with Crippen molar-refractivity contribution in [2.24, 2.45) is 16.7 Å². The van der Waals surface area contributed by atoms with Gasteiger partial charge in [-0.3, -0.25) is 4.79 Å². The molecule has 2 nitrogen and oxygen atoms in total. The van der Waals surface area contributed by atoms with Crippen molar-refractivity contribution in [3.05, 3.63) is 12.7 Å². The highest BCUT2D eigenvalue weighted by Crippen LogP contribution is 2.56. The van der Waals surface area contributed by atoms with Gasteiger partial charge in [-0.1, -0.05) is 46.8 Å². The van der Waals surface area contributed by atoms with Crippen molar-refractivity contribution in [1.82, 2.24) is 0 Å². The van der Waals surface area contributed by atoms with E-state index in [1.165, 1.54) is 12.8 Å². The lowest BCUT2D eigenvalue weighted by molar-refractivity contribution is -0.153. The van der Waals surface area contributed by atoms with Gasteiger partial charge in [0, 0.05) is 0 Å². The summed E-state index contributed by atoms with van der Waals surface area (Å²) >= 11 is 0. The highest BCUT2D eigenvalue weighted by atomic mass is 16.5. The Balaban J connectivity index is 2.75. The molecule has 1 fully saturated rings. The van der Waals surface area contributed by atoms with Crippen LogP contribution in [-0.2, 0) is 9.53 Å². The van der Waals surface area contributed by atoms with Gasteiger partial charge in [-0.2, -0.15) is 0 Å². The van der Waals surface area contributed by atoms with Crippen LogP contribution in [0.1, 0.15) is 47.0 Å². The summed E-state index contributed by atoms with van der Waals surface area (Å²) < 4.78 is 5.17. The van der Waals surface area contributed by atoms with Crippen molar-refractivity contribution in [3.63, 3.8) is 0 Å². The van der Waals surface area contributed by atoms with Crippen molar-refractivity contribution in [2.75, 3.05) is 6.61 Å². The normalized spacial score (nSPS) is 29.8. The number of ether oxygens (including phenoxy) is 1. The smallest absolute Gasteiger partial charge is 0.309 e. The van der Waals surface area contributed by atoms with E-state index in [2.05, 4.69) is 27.4 Å².